The highest BCUT2D eigenvalue weighted by Gasteiger charge is 2.30. The molecule has 4 rings (SSSR count). The quantitative estimate of drug-likeness (QED) is 0.521. The Morgan fingerprint density at radius 1 is 1.06 bits per heavy atom. The van der Waals surface area contributed by atoms with Gasteiger partial charge in [0.15, 0.2) is 12.4 Å². The van der Waals surface area contributed by atoms with Crippen LogP contribution >= 0.6 is 0 Å². The van der Waals surface area contributed by atoms with Crippen molar-refractivity contribution < 1.29 is 22.7 Å². The van der Waals surface area contributed by atoms with Gasteiger partial charge in [0.2, 0.25) is 0 Å². The Labute approximate surface area is 195 Å². The van der Waals surface area contributed by atoms with E-state index in [-0.39, 0.29) is 5.75 Å². The number of amides is 1. The molecule has 0 unspecified atom stereocenters. The number of benzene rings is 2. The van der Waals surface area contributed by atoms with E-state index in [2.05, 4.69) is 27.3 Å². The summed E-state index contributed by atoms with van der Waals surface area (Å²) in [5.41, 5.74) is 1.14. The molecule has 1 aliphatic rings. The molecule has 1 fully saturated rings. The molecule has 2 heterocycles. The Kier molecular flexibility index (Phi) is 7.00. The van der Waals surface area contributed by atoms with Crippen molar-refractivity contribution in [2.45, 2.75) is 25.9 Å². The molecule has 2 aromatic carbocycles. The summed E-state index contributed by atoms with van der Waals surface area (Å²) in [6.45, 7) is 3.78. The molecule has 1 amide bonds. The van der Waals surface area contributed by atoms with Gasteiger partial charge in [-0.2, -0.15) is 13.2 Å². The Balaban J connectivity index is 1.36. The van der Waals surface area contributed by atoms with Gasteiger partial charge in [-0.3, -0.25) is 4.79 Å². The van der Waals surface area contributed by atoms with Gasteiger partial charge < -0.3 is 15.0 Å². The van der Waals surface area contributed by atoms with Crippen molar-refractivity contribution in [3.8, 4) is 17.0 Å². The molecule has 0 saturated carbocycles. The number of anilines is 2. The SMILES string of the molecule is CC1CCN(c2ccc(-c3cccc(NC(=O)COc4cccc(C(F)(F)F)c4)c3)nn2)CC1. The van der Waals surface area contributed by atoms with Crippen molar-refractivity contribution >= 4 is 17.4 Å². The number of carbonyl (C=O) groups is 1. The summed E-state index contributed by atoms with van der Waals surface area (Å²) < 4.78 is 43.7. The molecule has 1 aliphatic heterocycles. The maximum atomic E-state index is 12.8. The molecule has 0 atom stereocenters. The molecule has 6 nitrogen and oxygen atoms in total. The first kappa shape index (κ1) is 23.5. The van der Waals surface area contributed by atoms with E-state index in [1.54, 1.807) is 18.2 Å². The minimum atomic E-state index is -4.48. The number of halogens is 3. The van der Waals surface area contributed by atoms with Crippen molar-refractivity contribution in [2.24, 2.45) is 5.92 Å². The third-order valence-corrected chi connectivity index (χ3v) is 5.73. The van der Waals surface area contributed by atoms with Crippen LogP contribution in [0.3, 0.4) is 0 Å². The van der Waals surface area contributed by atoms with E-state index in [4.69, 9.17) is 4.74 Å². The summed E-state index contributed by atoms with van der Waals surface area (Å²) in [5, 5.41) is 11.4. The summed E-state index contributed by atoms with van der Waals surface area (Å²) in [6, 6.07) is 15.4. The highest BCUT2D eigenvalue weighted by Crippen LogP contribution is 2.31. The maximum Gasteiger partial charge on any atom is 0.416 e. The molecule has 0 radical (unpaired) electrons. The number of hydrogen-bond acceptors (Lipinski definition) is 5. The predicted molar refractivity (Wildman–Crippen MR) is 124 cm³/mol. The summed E-state index contributed by atoms with van der Waals surface area (Å²) in [5.74, 6) is 1.07. The summed E-state index contributed by atoms with van der Waals surface area (Å²) in [7, 11) is 0. The molecule has 1 saturated heterocycles. The lowest BCUT2D eigenvalue weighted by atomic mass is 9.99. The molecule has 1 aromatic heterocycles. The van der Waals surface area contributed by atoms with Gasteiger partial charge in [-0.15, -0.1) is 10.2 Å². The number of ether oxygens (including phenoxy) is 1. The largest absolute Gasteiger partial charge is 0.484 e. The highest BCUT2D eigenvalue weighted by atomic mass is 19.4. The first-order valence-electron chi connectivity index (χ1n) is 11.1. The van der Waals surface area contributed by atoms with Crippen LogP contribution in [0.4, 0.5) is 24.7 Å². The standard InChI is InChI=1S/C25H25F3N4O2/c1-17-10-12-32(13-11-17)23-9-8-22(30-31-23)18-4-2-6-20(14-18)29-24(33)16-34-21-7-3-5-19(15-21)25(26,27)28/h2-9,14-15,17H,10-13,16H2,1H3,(H,29,33). The lowest BCUT2D eigenvalue weighted by molar-refractivity contribution is -0.137. The molecule has 9 heteroatoms. The summed E-state index contributed by atoms with van der Waals surface area (Å²) in [6.07, 6.45) is -2.19. The van der Waals surface area contributed by atoms with E-state index in [1.807, 2.05) is 18.2 Å². The number of nitrogens with one attached hydrogen (secondary N) is 1. The normalized spacial score (nSPS) is 14.6. The van der Waals surface area contributed by atoms with E-state index in [1.165, 1.54) is 12.1 Å². The lowest BCUT2D eigenvalue weighted by Gasteiger charge is -2.30. The second-order valence-corrected chi connectivity index (χ2v) is 8.39. The van der Waals surface area contributed by atoms with Crippen LogP contribution in [0.1, 0.15) is 25.3 Å². The molecular formula is C25H25F3N4O2. The fourth-order valence-electron chi connectivity index (χ4n) is 3.75. The van der Waals surface area contributed by atoms with Crippen molar-refractivity contribution in [3.63, 3.8) is 0 Å². The maximum absolute atomic E-state index is 12.8. The Morgan fingerprint density at radius 2 is 1.82 bits per heavy atom. The molecule has 0 aliphatic carbocycles. The van der Waals surface area contributed by atoms with Crippen molar-refractivity contribution in [1.29, 1.82) is 0 Å². The van der Waals surface area contributed by atoms with Gasteiger partial charge in [-0.25, -0.2) is 0 Å². The minimum absolute atomic E-state index is 0.0303. The molecule has 1 N–H and O–H groups in total. The monoisotopic (exact) mass is 470 g/mol. The third kappa shape index (κ3) is 6.03. The summed E-state index contributed by atoms with van der Waals surface area (Å²) in [4.78, 5) is 14.5. The van der Waals surface area contributed by atoms with Crippen LogP contribution in [-0.2, 0) is 11.0 Å². The number of alkyl halides is 3. The highest BCUT2D eigenvalue weighted by molar-refractivity contribution is 5.92. The topological polar surface area (TPSA) is 67.4 Å². The van der Waals surface area contributed by atoms with Gasteiger partial charge >= 0.3 is 6.18 Å². The average molecular weight is 470 g/mol. The van der Waals surface area contributed by atoms with Crippen LogP contribution in [0.25, 0.3) is 11.3 Å². The van der Waals surface area contributed by atoms with Crippen molar-refractivity contribution in [3.05, 3.63) is 66.2 Å². The molecule has 0 spiro atoms. The van der Waals surface area contributed by atoms with E-state index < -0.39 is 24.3 Å². The van der Waals surface area contributed by atoms with E-state index in [0.717, 1.165) is 55.4 Å². The van der Waals surface area contributed by atoms with Gasteiger partial charge in [0.25, 0.3) is 5.91 Å². The Hall–Kier alpha value is -3.62. The number of nitrogens with zero attached hydrogens (tertiary/aromatic N) is 3. The van der Waals surface area contributed by atoms with Crippen LogP contribution in [0.2, 0.25) is 0 Å². The number of carbonyl (C=O) groups excluding carboxylic acids is 1. The van der Waals surface area contributed by atoms with Crippen LogP contribution < -0.4 is 15.0 Å². The van der Waals surface area contributed by atoms with Crippen LogP contribution in [0.15, 0.2) is 60.7 Å². The first-order chi connectivity index (χ1) is 16.3. The predicted octanol–water partition coefficient (Wildman–Crippen LogP) is 5.42. The van der Waals surface area contributed by atoms with Crippen LogP contribution in [0.5, 0.6) is 5.75 Å². The fraction of sp³-hybridized carbons (Fsp3) is 0.320. The molecular weight excluding hydrogens is 445 g/mol. The molecule has 34 heavy (non-hydrogen) atoms. The molecule has 178 valence electrons. The molecule has 0 bridgehead atoms. The van der Waals surface area contributed by atoms with Crippen molar-refractivity contribution in [2.75, 3.05) is 29.9 Å². The zero-order chi connectivity index (χ0) is 24.1. The Morgan fingerprint density at radius 3 is 2.53 bits per heavy atom. The van der Waals surface area contributed by atoms with Crippen LogP contribution in [0, 0.1) is 5.92 Å². The molecule has 3 aromatic rings. The average Bonchev–Trinajstić information content (AvgIpc) is 2.83. The van der Waals surface area contributed by atoms with E-state index in [0.29, 0.717) is 11.4 Å². The van der Waals surface area contributed by atoms with Gasteiger partial charge in [-0.1, -0.05) is 25.1 Å². The van der Waals surface area contributed by atoms with E-state index in [9.17, 15) is 18.0 Å². The third-order valence-electron chi connectivity index (χ3n) is 5.73. The van der Waals surface area contributed by atoms with Gasteiger partial charge in [-0.05, 0) is 61.2 Å². The second kappa shape index (κ2) is 10.1. The zero-order valence-corrected chi connectivity index (χ0v) is 18.7. The van der Waals surface area contributed by atoms with Gasteiger partial charge in [0.1, 0.15) is 5.75 Å². The summed E-state index contributed by atoms with van der Waals surface area (Å²) >= 11 is 0. The number of hydrogen-bond donors (Lipinski definition) is 1. The smallest absolute Gasteiger partial charge is 0.416 e. The zero-order valence-electron chi connectivity index (χ0n) is 18.7. The second-order valence-electron chi connectivity index (χ2n) is 8.39. The number of aromatic nitrogens is 2. The minimum Gasteiger partial charge on any atom is -0.484 e. The fourth-order valence-corrected chi connectivity index (χ4v) is 3.75. The van der Waals surface area contributed by atoms with E-state index >= 15 is 0 Å². The number of piperidine rings is 1. The first-order valence-corrected chi connectivity index (χ1v) is 11.1. The van der Waals surface area contributed by atoms with Gasteiger partial charge in [0, 0.05) is 24.3 Å². The lowest BCUT2D eigenvalue weighted by Crippen LogP contribution is -2.33. The number of rotatable bonds is 6. The Bertz CT molecular complexity index is 1130. The van der Waals surface area contributed by atoms with Crippen molar-refractivity contribution in [1.82, 2.24) is 10.2 Å². The van der Waals surface area contributed by atoms with Crippen LogP contribution in [-0.4, -0.2) is 35.8 Å². The van der Waals surface area contributed by atoms with Gasteiger partial charge in [0.05, 0.1) is 11.3 Å².